The molecule has 3 N–H and O–H groups in total. The third kappa shape index (κ3) is 2.22. The molecule has 2 aromatic rings. The zero-order valence-corrected chi connectivity index (χ0v) is 11.5. The maximum absolute atomic E-state index is 4.48. The molecule has 0 bridgehead atoms. The summed E-state index contributed by atoms with van der Waals surface area (Å²) in [4.78, 5) is 10.9. The van der Waals surface area contributed by atoms with E-state index in [0.717, 1.165) is 29.2 Å². The molecule has 0 unspecified atom stereocenters. The van der Waals surface area contributed by atoms with Gasteiger partial charge in [0.05, 0.1) is 6.20 Å². The summed E-state index contributed by atoms with van der Waals surface area (Å²) in [6.45, 7) is 0.854. The van der Waals surface area contributed by atoms with Crippen molar-refractivity contribution in [2.75, 3.05) is 11.9 Å². The van der Waals surface area contributed by atoms with Gasteiger partial charge < -0.3 is 34.0 Å². The second-order valence-electron chi connectivity index (χ2n) is 3.21. The third-order valence-electron chi connectivity index (χ3n) is 2.25. The van der Waals surface area contributed by atoms with Gasteiger partial charge in [0, 0.05) is 0 Å². The molecular weight excluding hydrogens is 336 g/mol. The van der Waals surface area contributed by atoms with Crippen LogP contribution in [-0.4, -0.2) is 11.5 Å². The number of halogens is 2. The first-order valence-electron chi connectivity index (χ1n) is 4.58. The molecule has 0 aliphatic carbocycles. The topological polar surface area (TPSA) is 53.2 Å². The first-order chi connectivity index (χ1) is 6.93. The van der Waals surface area contributed by atoms with Crippen molar-refractivity contribution in [2.24, 2.45) is 0 Å². The van der Waals surface area contributed by atoms with Crippen LogP contribution in [-0.2, 0) is 0 Å². The first-order valence-corrected chi connectivity index (χ1v) is 4.58. The molecule has 4 nitrogen and oxygen atoms in total. The van der Waals surface area contributed by atoms with Crippen LogP contribution in [0.15, 0.2) is 24.4 Å². The molecular formula is C10H10Br2N4. The maximum atomic E-state index is 4.48. The van der Waals surface area contributed by atoms with E-state index in [4.69, 9.17) is 0 Å². The summed E-state index contributed by atoms with van der Waals surface area (Å²) < 4.78 is 0. The van der Waals surface area contributed by atoms with Gasteiger partial charge in [0.2, 0.25) is 5.52 Å². The minimum absolute atomic E-state index is 0. The molecule has 16 heavy (non-hydrogen) atoms. The zero-order chi connectivity index (χ0) is 9.38. The van der Waals surface area contributed by atoms with Gasteiger partial charge in [0.25, 0.3) is 5.69 Å². The second-order valence-corrected chi connectivity index (χ2v) is 3.21. The van der Waals surface area contributed by atoms with Crippen LogP contribution in [0.5, 0.6) is 0 Å². The number of nitrogens with one attached hydrogen (secondary N) is 3. The summed E-state index contributed by atoms with van der Waals surface area (Å²) in [6.07, 6.45) is 5.94. The standard InChI is InChI=1S/C10H8N4.2BrH/c1-3-7-9(11-5-1)14-8-4-2-6-12-10(8)13-7;;/h1-5H,6H2,(H,12,13);2*1H. The van der Waals surface area contributed by atoms with Gasteiger partial charge in [-0.15, -0.1) is 0 Å². The Labute approximate surface area is 114 Å². The predicted molar refractivity (Wildman–Crippen MR) is 52.4 cm³/mol. The van der Waals surface area contributed by atoms with E-state index in [-0.39, 0.29) is 34.0 Å². The summed E-state index contributed by atoms with van der Waals surface area (Å²) in [5.41, 5.74) is 2.83. The SMILES string of the molecule is C1=Cc2nc3[nH+]cccc3[nH+]c2NC1.[Br-].[Br-]. The van der Waals surface area contributed by atoms with Crippen molar-refractivity contribution in [1.29, 1.82) is 0 Å². The lowest BCUT2D eigenvalue weighted by Gasteiger charge is -2.00. The van der Waals surface area contributed by atoms with Crippen molar-refractivity contribution in [3.8, 4) is 0 Å². The number of aromatic nitrogens is 3. The van der Waals surface area contributed by atoms with Crippen molar-refractivity contribution in [3.05, 3.63) is 30.1 Å². The summed E-state index contributed by atoms with van der Waals surface area (Å²) >= 11 is 0. The van der Waals surface area contributed by atoms with Crippen LogP contribution >= 0.6 is 0 Å². The molecule has 3 heterocycles. The highest BCUT2D eigenvalue weighted by Crippen LogP contribution is 2.13. The van der Waals surface area contributed by atoms with Gasteiger partial charge in [-0.25, -0.2) is 9.97 Å². The lowest BCUT2D eigenvalue weighted by Crippen LogP contribution is -3.00. The lowest BCUT2D eigenvalue weighted by atomic mass is 10.3. The van der Waals surface area contributed by atoms with Crippen LogP contribution in [0.3, 0.4) is 0 Å². The Kier molecular flexibility index (Phi) is 4.37. The van der Waals surface area contributed by atoms with Gasteiger partial charge in [-0.1, -0.05) is 0 Å². The predicted octanol–water partition coefficient (Wildman–Crippen LogP) is -5.69. The van der Waals surface area contributed by atoms with E-state index in [1.165, 1.54) is 0 Å². The van der Waals surface area contributed by atoms with Crippen molar-refractivity contribution in [1.82, 2.24) is 4.98 Å². The monoisotopic (exact) mass is 344 g/mol. The van der Waals surface area contributed by atoms with Gasteiger partial charge >= 0.3 is 11.5 Å². The van der Waals surface area contributed by atoms with Crippen molar-refractivity contribution in [3.63, 3.8) is 0 Å². The minimum atomic E-state index is 0. The van der Waals surface area contributed by atoms with Crippen molar-refractivity contribution < 1.29 is 43.9 Å². The number of aromatic amines is 2. The molecule has 84 valence electrons. The van der Waals surface area contributed by atoms with E-state index in [2.05, 4.69) is 26.3 Å². The average Bonchev–Trinajstić information content (AvgIpc) is 2.26. The van der Waals surface area contributed by atoms with E-state index in [9.17, 15) is 0 Å². The summed E-state index contributed by atoms with van der Waals surface area (Å²) in [5, 5.41) is 3.24. The van der Waals surface area contributed by atoms with Gasteiger partial charge in [0.15, 0.2) is 0 Å². The fraction of sp³-hybridized carbons (Fsp3) is 0.100. The molecule has 0 amide bonds. The number of hydrogen-bond donors (Lipinski definition) is 1. The van der Waals surface area contributed by atoms with Crippen LogP contribution < -0.4 is 49.2 Å². The molecule has 0 radical (unpaired) electrons. The number of anilines is 1. The van der Waals surface area contributed by atoms with E-state index in [0.29, 0.717) is 0 Å². The molecule has 0 atom stereocenters. The molecule has 0 saturated heterocycles. The third-order valence-corrected chi connectivity index (χ3v) is 2.25. The quantitative estimate of drug-likeness (QED) is 0.517. The molecule has 6 heteroatoms. The molecule has 0 saturated carbocycles. The molecule has 0 spiro atoms. The van der Waals surface area contributed by atoms with E-state index in [1.54, 1.807) is 0 Å². The van der Waals surface area contributed by atoms with E-state index >= 15 is 0 Å². The van der Waals surface area contributed by atoms with Crippen molar-refractivity contribution in [2.45, 2.75) is 0 Å². The highest BCUT2D eigenvalue weighted by molar-refractivity contribution is 5.69. The Balaban J connectivity index is 0.000000640. The highest BCUT2D eigenvalue weighted by Gasteiger charge is 2.20. The Hall–Kier alpha value is -1.01. The number of rotatable bonds is 0. The first kappa shape index (κ1) is 13.1. The zero-order valence-electron chi connectivity index (χ0n) is 8.30. The number of pyridine rings is 1. The van der Waals surface area contributed by atoms with E-state index < -0.39 is 0 Å². The lowest BCUT2D eigenvalue weighted by molar-refractivity contribution is -0.369. The highest BCUT2D eigenvalue weighted by atomic mass is 79.9. The number of hydrogen-bond acceptors (Lipinski definition) is 2. The molecule has 2 aromatic heterocycles. The fourth-order valence-electron chi connectivity index (χ4n) is 1.58. The van der Waals surface area contributed by atoms with Crippen LogP contribution in [0.1, 0.15) is 5.69 Å². The van der Waals surface area contributed by atoms with Crippen LogP contribution in [0.4, 0.5) is 5.82 Å². The Morgan fingerprint density at radius 3 is 3.06 bits per heavy atom. The van der Waals surface area contributed by atoms with Crippen LogP contribution in [0, 0.1) is 0 Å². The van der Waals surface area contributed by atoms with Gasteiger partial charge in [-0.2, -0.15) is 0 Å². The van der Waals surface area contributed by atoms with E-state index in [1.807, 2.05) is 24.4 Å². The Morgan fingerprint density at radius 2 is 2.19 bits per heavy atom. The van der Waals surface area contributed by atoms with Crippen LogP contribution in [0.25, 0.3) is 17.2 Å². The number of fused-ring (bicyclic) bond motifs is 2. The van der Waals surface area contributed by atoms with Gasteiger partial charge in [0.1, 0.15) is 6.54 Å². The molecule has 1 aliphatic heterocycles. The second kappa shape index (κ2) is 5.36. The van der Waals surface area contributed by atoms with Crippen LogP contribution in [0.2, 0.25) is 0 Å². The number of H-pyrrole nitrogens is 2. The summed E-state index contributed by atoms with van der Waals surface area (Å²) in [7, 11) is 0. The minimum Gasteiger partial charge on any atom is -1.00 e. The largest absolute Gasteiger partial charge is 1.00 e. The number of nitrogens with zero attached hydrogens (tertiary/aromatic N) is 1. The van der Waals surface area contributed by atoms with Gasteiger partial charge in [-0.05, 0) is 29.3 Å². The normalized spacial score (nSPS) is 12.0. The Bertz CT molecular complexity index is 527. The molecule has 1 aliphatic rings. The summed E-state index contributed by atoms with van der Waals surface area (Å²) in [5.74, 6) is 0.986. The average molecular weight is 346 g/mol. The smallest absolute Gasteiger partial charge is 0.368 e. The molecule has 3 rings (SSSR count). The fourth-order valence-corrected chi connectivity index (χ4v) is 1.58. The molecule has 0 fully saturated rings. The van der Waals surface area contributed by atoms with Gasteiger partial charge in [-0.3, -0.25) is 5.32 Å². The molecule has 0 aromatic carbocycles. The Morgan fingerprint density at radius 1 is 1.31 bits per heavy atom. The summed E-state index contributed by atoms with van der Waals surface area (Å²) in [6, 6.07) is 3.95. The maximum Gasteiger partial charge on any atom is 0.368 e. The van der Waals surface area contributed by atoms with Crippen molar-refractivity contribution >= 4 is 23.1 Å².